The van der Waals surface area contributed by atoms with E-state index < -0.39 is 4.92 Å². The first kappa shape index (κ1) is 14.5. The first-order valence-corrected chi connectivity index (χ1v) is 7.10. The van der Waals surface area contributed by atoms with Crippen LogP contribution in [0.25, 0.3) is 0 Å². The normalized spacial score (nSPS) is 16.4. The maximum absolute atomic E-state index is 11.2. The molecule has 108 valence electrons. The van der Waals surface area contributed by atoms with E-state index in [1.807, 2.05) is 11.9 Å². The maximum atomic E-state index is 11.2. The van der Waals surface area contributed by atoms with Gasteiger partial charge in [0.05, 0.1) is 4.92 Å². The molecule has 0 N–H and O–H groups in total. The summed E-state index contributed by atoms with van der Waals surface area (Å²) in [6.07, 6.45) is 7.63. The fourth-order valence-corrected chi connectivity index (χ4v) is 2.90. The van der Waals surface area contributed by atoms with Gasteiger partial charge in [-0.05, 0) is 25.0 Å². The molecule has 0 bridgehead atoms. The molecule has 0 heterocycles. The molecule has 1 aromatic rings. The zero-order valence-electron chi connectivity index (χ0n) is 11.7. The first-order valence-electron chi connectivity index (χ1n) is 7.10. The van der Waals surface area contributed by atoms with Crippen molar-refractivity contribution in [2.75, 3.05) is 11.9 Å². The van der Waals surface area contributed by atoms with E-state index in [0.717, 1.165) is 12.8 Å². The van der Waals surface area contributed by atoms with Crippen LogP contribution in [0, 0.1) is 10.1 Å². The molecule has 0 saturated heterocycles. The highest BCUT2D eigenvalue weighted by molar-refractivity contribution is 5.79. The topological polar surface area (TPSA) is 63.5 Å². The molecule has 1 fully saturated rings. The lowest BCUT2D eigenvalue weighted by molar-refractivity contribution is -0.384. The summed E-state index contributed by atoms with van der Waals surface area (Å²) in [4.78, 5) is 23.6. The number of carbonyl (C=O) groups is 1. The minimum atomic E-state index is -0.407. The fraction of sp³-hybridized carbons (Fsp3) is 0.533. The van der Waals surface area contributed by atoms with Crippen LogP contribution in [0.2, 0.25) is 0 Å². The molecule has 5 heteroatoms. The van der Waals surface area contributed by atoms with Gasteiger partial charge in [-0.2, -0.15) is 0 Å². The van der Waals surface area contributed by atoms with Gasteiger partial charge in [0, 0.05) is 24.7 Å². The fourth-order valence-electron chi connectivity index (χ4n) is 2.90. The Morgan fingerprint density at radius 1 is 1.25 bits per heavy atom. The van der Waals surface area contributed by atoms with Crippen molar-refractivity contribution in [1.82, 2.24) is 0 Å². The molecule has 1 aliphatic rings. The van der Waals surface area contributed by atoms with Gasteiger partial charge in [-0.25, -0.2) is 0 Å². The van der Waals surface area contributed by atoms with Crippen LogP contribution in [-0.4, -0.2) is 24.3 Å². The summed E-state index contributed by atoms with van der Waals surface area (Å²) in [5.41, 5.74) is 0.962. The van der Waals surface area contributed by atoms with Gasteiger partial charge in [-0.3, -0.25) is 14.9 Å². The monoisotopic (exact) mass is 276 g/mol. The van der Waals surface area contributed by atoms with Crippen molar-refractivity contribution in [3.05, 3.63) is 33.9 Å². The molecule has 0 atom stereocenters. The van der Waals surface area contributed by atoms with Gasteiger partial charge in [-0.1, -0.05) is 25.7 Å². The standard InChI is InChI=1S/C15H20N2O3/c1-16(13-6-4-2-3-5-7-13)14-9-8-12(11-18)10-15(14)17(19)20/h8-11,13H,2-7H2,1H3. The SMILES string of the molecule is CN(c1ccc(C=O)cc1[N+](=O)[O-])C1CCCCCC1. The molecule has 2 rings (SSSR count). The number of anilines is 1. The van der Waals surface area contributed by atoms with E-state index in [1.165, 1.54) is 31.7 Å². The number of nitrogens with zero attached hydrogens (tertiary/aromatic N) is 2. The molecular weight excluding hydrogens is 256 g/mol. The lowest BCUT2D eigenvalue weighted by Gasteiger charge is -2.29. The number of aldehydes is 1. The number of carbonyl (C=O) groups excluding carboxylic acids is 1. The lowest BCUT2D eigenvalue weighted by atomic mass is 10.1. The Balaban J connectivity index is 2.30. The van der Waals surface area contributed by atoms with Crippen molar-refractivity contribution >= 4 is 17.7 Å². The summed E-state index contributed by atoms with van der Waals surface area (Å²) in [5, 5.41) is 11.2. The van der Waals surface area contributed by atoms with Crippen LogP contribution in [-0.2, 0) is 0 Å². The molecule has 0 aliphatic heterocycles. The molecule has 1 aromatic carbocycles. The number of nitro groups is 1. The van der Waals surface area contributed by atoms with Crippen molar-refractivity contribution in [2.45, 2.75) is 44.6 Å². The second kappa shape index (κ2) is 6.50. The third-order valence-corrected chi connectivity index (χ3v) is 4.08. The van der Waals surface area contributed by atoms with Crippen LogP contribution in [0.3, 0.4) is 0 Å². The van der Waals surface area contributed by atoms with Crippen molar-refractivity contribution < 1.29 is 9.72 Å². The average molecular weight is 276 g/mol. The number of nitro benzene ring substituents is 1. The van der Waals surface area contributed by atoms with Crippen molar-refractivity contribution in [1.29, 1.82) is 0 Å². The van der Waals surface area contributed by atoms with Crippen molar-refractivity contribution in [3.63, 3.8) is 0 Å². The Hall–Kier alpha value is -1.91. The van der Waals surface area contributed by atoms with Crippen LogP contribution < -0.4 is 4.90 Å². The zero-order chi connectivity index (χ0) is 14.5. The quantitative estimate of drug-likeness (QED) is 0.365. The summed E-state index contributed by atoms with van der Waals surface area (Å²) >= 11 is 0. The highest BCUT2D eigenvalue weighted by atomic mass is 16.6. The van der Waals surface area contributed by atoms with Crippen LogP contribution in [0.5, 0.6) is 0 Å². The summed E-state index contributed by atoms with van der Waals surface area (Å²) < 4.78 is 0. The Labute approximate surface area is 118 Å². The first-order chi connectivity index (χ1) is 9.63. The van der Waals surface area contributed by atoms with Gasteiger partial charge < -0.3 is 4.90 Å². The smallest absolute Gasteiger partial charge is 0.293 e. The van der Waals surface area contributed by atoms with E-state index in [4.69, 9.17) is 0 Å². The van der Waals surface area contributed by atoms with Gasteiger partial charge in [0.15, 0.2) is 0 Å². The predicted molar refractivity (Wildman–Crippen MR) is 78.4 cm³/mol. The highest BCUT2D eigenvalue weighted by Gasteiger charge is 2.24. The number of hydrogen-bond acceptors (Lipinski definition) is 4. The summed E-state index contributed by atoms with van der Waals surface area (Å²) in [6, 6.07) is 5.03. The minimum absolute atomic E-state index is 0.0151. The van der Waals surface area contributed by atoms with E-state index in [0.29, 0.717) is 23.6 Å². The molecular formula is C15H20N2O3. The molecule has 5 nitrogen and oxygen atoms in total. The van der Waals surface area contributed by atoms with Crippen LogP contribution in [0.4, 0.5) is 11.4 Å². The van der Waals surface area contributed by atoms with Crippen LogP contribution in [0.1, 0.15) is 48.9 Å². The molecule has 1 saturated carbocycles. The van der Waals surface area contributed by atoms with E-state index in [2.05, 4.69) is 0 Å². The second-order valence-electron chi connectivity index (χ2n) is 5.38. The second-order valence-corrected chi connectivity index (χ2v) is 5.38. The number of hydrogen-bond donors (Lipinski definition) is 0. The van der Waals surface area contributed by atoms with Gasteiger partial charge in [0.1, 0.15) is 12.0 Å². The number of benzene rings is 1. The molecule has 1 aliphatic carbocycles. The van der Waals surface area contributed by atoms with Crippen LogP contribution >= 0.6 is 0 Å². The third-order valence-electron chi connectivity index (χ3n) is 4.08. The van der Waals surface area contributed by atoms with Gasteiger partial charge >= 0.3 is 0 Å². The van der Waals surface area contributed by atoms with Crippen molar-refractivity contribution in [3.8, 4) is 0 Å². The van der Waals surface area contributed by atoms with Gasteiger partial charge in [0.25, 0.3) is 5.69 Å². The molecule has 20 heavy (non-hydrogen) atoms. The summed E-state index contributed by atoms with van der Waals surface area (Å²) in [5.74, 6) is 0. The van der Waals surface area contributed by atoms with Gasteiger partial charge in [0.2, 0.25) is 0 Å². The molecule has 0 radical (unpaired) electrons. The Morgan fingerprint density at radius 3 is 2.45 bits per heavy atom. The molecule has 0 amide bonds. The zero-order valence-corrected chi connectivity index (χ0v) is 11.7. The maximum Gasteiger partial charge on any atom is 0.293 e. The summed E-state index contributed by atoms with van der Waals surface area (Å²) in [7, 11) is 1.92. The summed E-state index contributed by atoms with van der Waals surface area (Å²) in [6.45, 7) is 0. The van der Waals surface area contributed by atoms with E-state index in [1.54, 1.807) is 12.1 Å². The molecule has 0 unspecified atom stereocenters. The molecule has 0 aromatic heterocycles. The highest BCUT2D eigenvalue weighted by Crippen LogP contribution is 2.32. The van der Waals surface area contributed by atoms with E-state index in [-0.39, 0.29) is 5.69 Å². The number of rotatable bonds is 4. The molecule has 0 spiro atoms. The predicted octanol–water partition coefficient (Wildman–Crippen LogP) is 3.57. The minimum Gasteiger partial charge on any atom is -0.366 e. The largest absolute Gasteiger partial charge is 0.366 e. The van der Waals surface area contributed by atoms with Gasteiger partial charge in [-0.15, -0.1) is 0 Å². The Bertz CT molecular complexity index is 494. The third kappa shape index (κ3) is 3.15. The van der Waals surface area contributed by atoms with E-state index >= 15 is 0 Å². The Morgan fingerprint density at radius 2 is 1.90 bits per heavy atom. The van der Waals surface area contributed by atoms with Crippen molar-refractivity contribution in [2.24, 2.45) is 0 Å². The average Bonchev–Trinajstić information content (AvgIpc) is 2.74. The lowest BCUT2D eigenvalue weighted by Crippen LogP contribution is -2.31. The van der Waals surface area contributed by atoms with E-state index in [9.17, 15) is 14.9 Å². The van der Waals surface area contributed by atoms with Crippen LogP contribution in [0.15, 0.2) is 18.2 Å². The Kier molecular flexibility index (Phi) is 4.71.